The molecule has 0 bridgehead atoms. The summed E-state index contributed by atoms with van der Waals surface area (Å²) in [6.45, 7) is 13.3. The summed E-state index contributed by atoms with van der Waals surface area (Å²) in [5.41, 5.74) is 5.80. The van der Waals surface area contributed by atoms with Crippen molar-refractivity contribution in [3.63, 3.8) is 0 Å². The number of aromatic nitrogens is 8. The summed E-state index contributed by atoms with van der Waals surface area (Å²) in [7, 11) is 3.82. The lowest BCUT2D eigenvalue weighted by atomic mass is 10.1. The number of aliphatic hydroxyl groups is 1. The van der Waals surface area contributed by atoms with Gasteiger partial charge in [-0.3, -0.25) is 9.69 Å². The predicted octanol–water partition coefficient (Wildman–Crippen LogP) is 6.44. The van der Waals surface area contributed by atoms with E-state index in [1.165, 1.54) is 46.9 Å². The Morgan fingerprint density at radius 3 is 1.58 bits per heavy atom. The lowest BCUT2D eigenvalue weighted by Crippen LogP contribution is -2.57. The highest BCUT2D eigenvalue weighted by Gasteiger charge is 2.31. The maximum absolute atomic E-state index is 13.5. The van der Waals surface area contributed by atoms with E-state index in [0.29, 0.717) is 86.6 Å². The van der Waals surface area contributed by atoms with E-state index in [0.717, 1.165) is 86.1 Å². The molecule has 74 heavy (non-hydrogen) atoms. The molecule has 8 aromatic rings. The minimum atomic E-state index is -0.389. The van der Waals surface area contributed by atoms with Crippen LogP contribution in [0.5, 0.6) is 0 Å². The number of anilines is 6. The maximum atomic E-state index is 13.5. The largest absolute Gasteiger partial charge is 0.389 e. The van der Waals surface area contributed by atoms with E-state index in [2.05, 4.69) is 59.4 Å². The van der Waals surface area contributed by atoms with E-state index in [9.17, 15) is 29.2 Å². The normalized spacial score (nSPS) is 15.2. The first-order chi connectivity index (χ1) is 35.9. The molecule has 0 saturated carbocycles. The molecule has 3 aliphatic rings. The van der Waals surface area contributed by atoms with Crippen molar-refractivity contribution in [2.24, 2.45) is 0 Å². The molecule has 0 spiro atoms. The van der Waals surface area contributed by atoms with Crippen LogP contribution in [0.2, 0.25) is 0 Å². The first-order valence-corrected chi connectivity index (χ1v) is 26.0. The summed E-state index contributed by atoms with van der Waals surface area (Å²) in [5.74, 6) is 1.10. The third kappa shape index (κ3) is 10.0. The highest BCUT2D eigenvalue weighted by molar-refractivity contribution is 7.17. The van der Waals surface area contributed by atoms with Crippen LogP contribution < -0.4 is 24.9 Å². The molecule has 3 fully saturated rings. The van der Waals surface area contributed by atoms with Gasteiger partial charge in [0.2, 0.25) is 5.91 Å². The van der Waals surface area contributed by atoms with Gasteiger partial charge in [-0.05, 0) is 74.5 Å². The molecule has 0 aliphatic carbocycles. The van der Waals surface area contributed by atoms with Crippen molar-refractivity contribution in [3.8, 4) is 34.7 Å². The SMILES string of the molecule is CCn1nc2ncc(N3CCN(CC(=O)N4CC(O)C4)CC3)cc2c1N(C)c1nc(-c2ccc(F)cc2)c(C#N)s1.CCn1nc2ncc(N3CCNCC3)cc2c1N(C)c1nc(-c2ccc(F)cc2)c(C#N)s1. The van der Waals surface area contributed by atoms with Crippen molar-refractivity contribution in [2.45, 2.75) is 33.0 Å². The molecule has 19 nitrogen and oxygen atoms in total. The Morgan fingerprint density at radius 1 is 0.716 bits per heavy atom. The Morgan fingerprint density at radius 2 is 1.16 bits per heavy atom. The zero-order valence-corrected chi connectivity index (χ0v) is 42.9. The van der Waals surface area contributed by atoms with Crippen LogP contribution in [0.1, 0.15) is 23.6 Å². The number of halogens is 2. The number of β-amino-alcohol motifs (C(OH)–C–C–N with tert-alkyl or cyclic N) is 1. The second-order valence-corrected chi connectivity index (χ2v) is 20.0. The fourth-order valence-corrected chi connectivity index (χ4v) is 11.1. The molecular formula is C51H53F2N17O2S2. The molecule has 6 aromatic heterocycles. The van der Waals surface area contributed by atoms with Crippen LogP contribution >= 0.6 is 22.7 Å². The Bertz CT molecular complexity index is 3400. The number of benzene rings is 2. The molecule has 0 atom stereocenters. The Kier molecular flexibility index (Phi) is 14.4. The molecule has 1 amide bonds. The van der Waals surface area contributed by atoms with Gasteiger partial charge >= 0.3 is 0 Å². The number of nitrogens with one attached hydrogen (secondary N) is 1. The van der Waals surface area contributed by atoms with Gasteiger partial charge in [0.15, 0.2) is 21.6 Å². The summed E-state index contributed by atoms with van der Waals surface area (Å²) < 4.78 is 30.7. The van der Waals surface area contributed by atoms with Crippen LogP contribution in [-0.4, -0.2) is 153 Å². The molecule has 2 N–H and O–H groups in total. The number of likely N-dealkylation sites (tertiary alicyclic amines) is 1. The fraction of sp³-hybridized carbons (Fsp3) is 0.353. The average molecular weight is 1040 g/mol. The van der Waals surface area contributed by atoms with Crippen LogP contribution in [0.4, 0.5) is 42.1 Å². The molecule has 23 heteroatoms. The van der Waals surface area contributed by atoms with Gasteiger partial charge in [0.05, 0.1) is 47.2 Å². The lowest BCUT2D eigenvalue weighted by Gasteiger charge is -2.39. The molecule has 3 saturated heterocycles. The first-order valence-electron chi connectivity index (χ1n) is 24.4. The number of pyridine rings is 2. The van der Waals surface area contributed by atoms with E-state index in [1.807, 2.05) is 59.5 Å². The number of nitriles is 2. The highest BCUT2D eigenvalue weighted by atomic mass is 32.1. The van der Waals surface area contributed by atoms with Crippen molar-refractivity contribution in [2.75, 3.05) is 106 Å². The van der Waals surface area contributed by atoms with Crippen LogP contribution in [0.15, 0.2) is 73.1 Å². The Labute approximate surface area is 433 Å². The average Bonchev–Trinajstić information content (AvgIpc) is 4.23. The zero-order valence-electron chi connectivity index (χ0n) is 41.3. The number of aliphatic hydroxyl groups excluding tert-OH is 1. The van der Waals surface area contributed by atoms with E-state index < -0.39 is 0 Å². The second-order valence-electron chi connectivity index (χ2n) is 18.1. The van der Waals surface area contributed by atoms with Crippen molar-refractivity contribution in [3.05, 3.63) is 94.4 Å². The molecule has 3 aliphatic heterocycles. The number of fused-ring (bicyclic) bond motifs is 2. The molecule has 0 radical (unpaired) electrons. The fourth-order valence-electron chi connectivity index (χ4n) is 9.36. The van der Waals surface area contributed by atoms with Gasteiger partial charge in [0.1, 0.15) is 56.6 Å². The standard InChI is InChI=1S/C28H30FN9O2S.C23H23FN8S/c1-3-38-27(34(2)28-32-25(23(13-30)41-28)18-4-6-19(29)7-5-18)22-12-20(14-31-26(22)33-38)36-10-8-35(9-11-36)17-24(40)37-15-21(39)16-37;1-3-32-22(18-12-17(14-27-21(18)29-32)31-10-8-26-9-11-31)30(2)23-28-20(19(13-25)33-23)15-4-6-16(24)7-5-15/h4-7,12,14,21,39H,3,8-11,15-17H2,1-2H3;4-7,12,14,26H,3,8-11H2,1-2H3. The van der Waals surface area contributed by atoms with Crippen molar-refractivity contribution in [1.82, 2.24) is 54.6 Å². The van der Waals surface area contributed by atoms with Crippen molar-refractivity contribution in [1.29, 1.82) is 10.5 Å². The molecule has 0 unspecified atom stereocenters. The van der Waals surface area contributed by atoms with Crippen molar-refractivity contribution < 1.29 is 18.7 Å². The highest BCUT2D eigenvalue weighted by Crippen LogP contribution is 2.40. The number of carbonyl (C=O) groups is 1. The van der Waals surface area contributed by atoms with Crippen LogP contribution in [-0.2, 0) is 17.9 Å². The maximum Gasteiger partial charge on any atom is 0.236 e. The van der Waals surface area contributed by atoms with Crippen LogP contribution in [0.3, 0.4) is 0 Å². The Hall–Kier alpha value is -7.67. The minimum Gasteiger partial charge on any atom is -0.389 e. The van der Waals surface area contributed by atoms with E-state index in [1.54, 1.807) is 29.2 Å². The number of nitrogens with zero attached hydrogens (tertiary/aromatic N) is 16. The summed E-state index contributed by atoms with van der Waals surface area (Å²) in [5, 5.41) is 44.8. The van der Waals surface area contributed by atoms with Crippen LogP contribution in [0, 0.1) is 34.3 Å². The summed E-state index contributed by atoms with van der Waals surface area (Å²) >= 11 is 2.58. The number of piperazine rings is 2. The second kappa shape index (κ2) is 21.4. The van der Waals surface area contributed by atoms with E-state index in [4.69, 9.17) is 15.1 Å². The smallest absolute Gasteiger partial charge is 0.236 e. The first kappa shape index (κ1) is 49.9. The monoisotopic (exact) mass is 1040 g/mol. The van der Waals surface area contributed by atoms with Gasteiger partial charge in [-0.1, -0.05) is 22.7 Å². The number of rotatable bonds is 12. The lowest BCUT2D eigenvalue weighted by molar-refractivity contribution is -0.142. The number of hydrogen-bond acceptors (Lipinski definition) is 18. The molecule has 9 heterocycles. The molecule has 380 valence electrons. The van der Waals surface area contributed by atoms with Gasteiger partial charge in [0.25, 0.3) is 0 Å². The minimum absolute atomic E-state index is 0.0656. The van der Waals surface area contributed by atoms with Gasteiger partial charge < -0.3 is 34.9 Å². The molecule has 2 aromatic carbocycles. The number of aryl methyl sites for hydroxylation is 2. The molecular weight excluding hydrogens is 985 g/mol. The zero-order chi connectivity index (χ0) is 51.6. The third-order valence-electron chi connectivity index (χ3n) is 13.4. The number of amides is 1. The topological polar surface area (TPSA) is 204 Å². The molecule has 11 rings (SSSR count). The van der Waals surface area contributed by atoms with Gasteiger partial charge in [-0.25, -0.2) is 38.1 Å². The summed E-state index contributed by atoms with van der Waals surface area (Å²) in [6.07, 6.45) is 3.33. The number of thiazole rings is 2. The Balaban J connectivity index is 0.000000173. The quantitative estimate of drug-likeness (QED) is 0.135. The third-order valence-corrected chi connectivity index (χ3v) is 15.5. The van der Waals surface area contributed by atoms with E-state index >= 15 is 0 Å². The van der Waals surface area contributed by atoms with Crippen molar-refractivity contribution >= 4 is 83.9 Å². The number of carbonyl (C=O) groups excluding carboxylic acids is 1. The number of hydrogen-bond donors (Lipinski definition) is 2. The van der Waals surface area contributed by atoms with E-state index in [-0.39, 0.29) is 23.6 Å². The van der Waals surface area contributed by atoms with Crippen LogP contribution in [0.25, 0.3) is 44.6 Å². The summed E-state index contributed by atoms with van der Waals surface area (Å²) in [4.78, 5) is 44.5. The van der Waals surface area contributed by atoms with Gasteiger partial charge in [0, 0.05) is 104 Å². The summed E-state index contributed by atoms with van der Waals surface area (Å²) in [6, 6.07) is 20.7. The van der Waals surface area contributed by atoms with Gasteiger partial charge in [-0.2, -0.15) is 20.7 Å². The predicted molar refractivity (Wildman–Crippen MR) is 283 cm³/mol. The van der Waals surface area contributed by atoms with Gasteiger partial charge in [-0.15, -0.1) is 0 Å².